The van der Waals surface area contributed by atoms with Gasteiger partial charge in [0, 0.05) is 44.5 Å². The average Bonchev–Trinajstić information content (AvgIpc) is 2.68. The summed E-state index contributed by atoms with van der Waals surface area (Å²) in [5.74, 6) is 0.617. The molecule has 0 radical (unpaired) electrons. The standard InChI is InChI=1S/C20H25FN2O3/c1-25-18-6-4-5-16(13-18)23-11-9-22(10-12-23)14-17(24)15-26-20-8-3-2-7-19(20)21/h2-8,13,17,24H,9-12,14-15H2,1H3. The second-order valence-electron chi connectivity index (χ2n) is 6.38. The highest BCUT2D eigenvalue weighted by atomic mass is 19.1. The molecule has 0 saturated carbocycles. The molecule has 1 fully saturated rings. The molecule has 26 heavy (non-hydrogen) atoms. The predicted octanol–water partition coefficient (Wildman–Crippen LogP) is 2.40. The number of rotatable bonds is 7. The summed E-state index contributed by atoms with van der Waals surface area (Å²) in [6.45, 7) is 4.07. The number of halogens is 1. The van der Waals surface area contributed by atoms with Gasteiger partial charge in [-0.05, 0) is 24.3 Å². The van der Waals surface area contributed by atoms with Crippen molar-refractivity contribution in [3.8, 4) is 11.5 Å². The molecule has 0 bridgehead atoms. The maximum absolute atomic E-state index is 13.5. The van der Waals surface area contributed by atoms with Crippen molar-refractivity contribution in [1.29, 1.82) is 0 Å². The first-order chi connectivity index (χ1) is 12.7. The van der Waals surface area contributed by atoms with Crippen molar-refractivity contribution in [3.05, 3.63) is 54.3 Å². The second kappa shape index (κ2) is 8.87. The van der Waals surface area contributed by atoms with E-state index in [0.29, 0.717) is 6.54 Å². The number of hydrogen-bond acceptors (Lipinski definition) is 5. The van der Waals surface area contributed by atoms with Crippen LogP contribution >= 0.6 is 0 Å². The molecule has 1 atom stereocenters. The Labute approximate surface area is 153 Å². The lowest BCUT2D eigenvalue weighted by molar-refractivity contribution is 0.0649. The summed E-state index contributed by atoms with van der Waals surface area (Å²) in [6, 6.07) is 14.3. The van der Waals surface area contributed by atoms with Crippen LogP contribution in [0.3, 0.4) is 0 Å². The molecule has 1 unspecified atom stereocenters. The van der Waals surface area contributed by atoms with E-state index >= 15 is 0 Å². The third-order valence-corrected chi connectivity index (χ3v) is 4.53. The number of ether oxygens (including phenoxy) is 2. The smallest absolute Gasteiger partial charge is 0.165 e. The van der Waals surface area contributed by atoms with Gasteiger partial charge in [0.2, 0.25) is 0 Å². The van der Waals surface area contributed by atoms with Crippen molar-refractivity contribution in [1.82, 2.24) is 4.90 Å². The van der Waals surface area contributed by atoms with Gasteiger partial charge in [-0.15, -0.1) is 0 Å². The van der Waals surface area contributed by atoms with Crippen LogP contribution in [-0.2, 0) is 0 Å². The fourth-order valence-electron chi connectivity index (χ4n) is 3.09. The minimum atomic E-state index is -0.655. The highest BCUT2D eigenvalue weighted by Crippen LogP contribution is 2.22. The van der Waals surface area contributed by atoms with E-state index in [-0.39, 0.29) is 12.4 Å². The highest BCUT2D eigenvalue weighted by Gasteiger charge is 2.20. The van der Waals surface area contributed by atoms with Gasteiger partial charge in [-0.1, -0.05) is 18.2 Å². The van der Waals surface area contributed by atoms with Crippen LogP contribution in [0.15, 0.2) is 48.5 Å². The fraction of sp³-hybridized carbons (Fsp3) is 0.400. The largest absolute Gasteiger partial charge is 0.497 e. The Kier molecular flexibility index (Phi) is 6.30. The molecule has 140 valence electrons. The number of methoxy groups -OCH3 is 1. The van der Waals surface area contributed by atoms with E-state index in [1.54, 1.807) is 25.3 Å². The molecule has 1 aliphatic heterocycles. The van der Waals surface area contributed by atoms with Crippen LogP contribution < -0.4 is 14.4 Å². The normalized spacial score (nSPS) is 16.3. The lowest BCUT2D eigenvalue weighted by atomic mass is 10.2. The van der Waals surface area contributed by atoms with E-state index in [2.05, 4.69) is 15.9 Å². The zero-order chi connectivity index (χ0) is 18.4. The van der Waals surface area contributed by atoms with Crippen LogP contribution in [0.25, 0.3) is 0 Å². The van der Waals surface area contributed by atoms with Crippen molar-refractivity contribution in [2.24, 2.45) is 0 Å². The van der Waals surface area contributed by atoms with Gasteiger partial charge in [-0.3, -0.25) is 4.90 Å². The molecule has 2 aromatic rings. The third kappa shape index (κ3) is 4.86. The van der Waals surface area contributed by atoms with E-state index in [4.69, 9.17) is 9.47 Å². The van der Waals surface area contributed by atoms with Gasteiger partial charge in [-0.25, -0.2) is 4.39 Å². The fourth-order valence-corrected chi connectivity index (χ4v) is 3.09. The minimum Gasteiger partial charge on any atom is -0.497 e. The molecule has 1 saturated heterocycles. The summed E-state index contributed by atoms with van der Waals surface area (Å²) >= 11 is 0. The van der Waals surface area contributed by atoms with E-state index in [0.717, 1.165) is 37.6 Å². The van der Waals surface area contributed by atoms with Crippen molar-refractivity contribution in [3.63, 3.8) is 0 Å². The van der Waals surface area contributed by atoms with Gasteiger partial charge in [0.25, 0.3) is 0 Å². The summed E-state index contributed by atoms with van der Waals surface area (Å²) in [6.07, 6.45) is -0.655. The first-order valence-electron chi connectivity index (χ1n) is 8.82. The Hall–Kier alpha value is -2.31. The second-order valence-corrected chi connectivity index (χ2v) is 6.38. The van der Waals surface area contributed by atoms with E-state index in [9.17, 15) is 9.50 Å². The van der Waals surface area contributed by atoms with Crippen LogP contribution in [0, 0.1) is 5.82 Å². The van der Waals surface area contributed by atoms with Crippen molar-refractivity contribution < 1.29 is 19.0 Å². The number of piperazine rings is 1. The molecular formula is C20H25FN2O3. The number of anilines is 1. The number of para-hydroxylation sites is 1. The van der Waals surface area contributed by atoms with Gasteiger partial charge in [-0.2, -0.15) is 0 Å². The van der Waals surface area contributed by atoms with Gasteiger partial charge in [0.05, 0.1) is 7.11 Å². The summed E-state index contributed by atoms with van der Waals surface area (Å²) in [7, 11) is 1.67. The number of hydrogen-bond donors (Lipinski definition) is 1. The van der Waals surface area contributed by atoms with Crippen molar-refractivity contribution >= 4 is 5.69 Å². The molecule has 2 aromatic carbocycles. The van der Waals surface area contributed by atoms with Crippen molar-refractivity contribution in [2.75, 3.05) is 51.3 Å². The topological polar surface area (TPSA) is 45.2 Å². The SMILES string of the molecule is COc1cccc(N2CCN(CC(O)COc3ccccc3F)CC2)c1. The average molecular weight is 360 g/mol. The third-order valence-electron chi connectivity index (χ3n) is 4.53. The van der Waals surface area contributed by atoms with Crippen LogP contribution in [-0.4, -0.2) is 62.6 Å². The first-order valence-corrected chi connectivity index (χ1v) is 8.82. The number of β-amino-alcohol motifs (C(OH)–C–C–N with tert-alkyl or cyclic N) is 1. The maximum Gasteiger partial charge on any atom is 0.165 e. The van der Waals surface area contributed by atoms with Crippen molar-refractivity contribution in [2.45, 2.75) is 6.10 Å². The molecule has 1 aliphatic rings. The molecule has 5 nitrogen and oxygen atoms in total. The van der Waals surface area contributed by atoms with Crippen LogP contribution in [0.4, 0.5) is 10.1 Å². The highest BCUT2D eigenvalue weighted by molar-refractivity contribution is 5.51. The Bertz CT molecular complexity index is 705. The molecule has 0 amide bonds. The zero-order valence-corrected chi connectivity index (χ0v) is 15.0. The maximum atomic E-state index is 13.5. The van der Waals surface area contributed by atoms with Crippen LogP contribution in [0.5, 0.6) is 11.5 Å². The molecule has 0 aliphatic carbocycles. The Morgan fingerprint density at radius 1 is 1.08 bits per heavy atom. The quantitative estimate of drug-likeness (QED) is 0.822. The van der Waals surface area contributed by atoms with Crippen LogP contribution in [0.2, 0.25) is 0 Å². The molecule has 6 heteroatoms. The molecular weight excluding hydrogens is 335 g/mol. The summed E-state index contributed by atoms with van der Waals surface area (Å²) in [5.41, 5.74) is 1.15. The lowest BCUT2D eigenvalue weighted by Crippen LogP contribution is -2.49. The zero-order valence-electron chi connectivity index (χ0n) is 15.0. The number of aliphatic hydroxyl groups is 1. The van der Waals surface area contributed by atoms with Gasteiger partial charge in [0.15, 0.2) is 11.6 Å². The van der Waals surface area contributed by atoms with E-state index < -0.39 is 11.9 Å². The monoisotopic (exact) mass is 360 g/mol. The van der Waals surface area contributed by atoms with E-state index in [1.807, 2.05) is 18.2 Å². The Morgan fingerprint density at radius 2 is 1.85 bits per heavy atom. The molecule has 1 N–H and O–H groups in total. The summed E-state index contributed by atoms with van der Waals surface area (Å²) in [4.78, 5) is 4.51. The summed E-state index contributed by atoms with van der Waals surface area (Å²) in [5, 5.41) is 10.2. The van der Waals surface area contributed by atoms with Crippen LogP contribution in [0.1, 0.15) is 0 Å². The lowest BCUT2D eigenvalue weighted by Gasteiger charge is -2.37. The molecule has 3 rings (SSSR count). The first kappa shape index (κ1) is 18.5. The minimum absolute atomic E-state index is 0.0804. The van der Waals surface area contributed by atoms with Gasteiger partial charge >= 0.3 is 0 Å². The molecule has 1 heterocycles. The number of benzene rings is 2. The number of nitrogens with zero attached hydrogens (tertiary/aromatic N) is 2. The predicted molar refractivity (Wildman–Crippen MR) is 99.5 cm³/mol. The Balaban J connectivity index is 1.44. The molecule has 0 aromatic heterocycles. The Morgan fingerprint density at radius 3 is 2.58 bits per heavy atom. The van der Waals surface area contributed by atoms with Gasteiger partial charge in [0.1, 0.15) is 18.5 Å². The number of aliphatic hydroxyl groups excluding tert-OH is 1. The van der Waals surface area contributed by atoms with E-state index in [1.165, 1.54) is 6.07 Å². The molecule has 0 spiro atoms. The van der Waals surface area contributed by atoms with Gasteiger partial charge < -0.3 is 19.5 Å². The summed E-state index contributed by atoms with van der Waals surface area (Å²) < 4.78 is 24.2.